The van der Waals surface area contributed by atoms with Crippen molar-refractivity contribution in [3.8, 4) is 0 Å². The van der Waals surface area contributed by atoms with Crippen LogP contribution in [-0.2, 0) is 18.4 Å². The molecule has 0 saturated heterocycles. The number of aliphatic hydroxyl groups is 1. The number of hydrogen-bond acceptors (Lipinski definition) is 2. The minimum atomic E-state index is -0.657. The molecular formula is C14H20O2. The third kappa shape index (κ3) is 1.69. The van der Waals surface area contributed by atoms with Crippen molar-refractivity contribution in [3.05, 3.63) is 23.2 Å². The predicted octanol–water partition coefficient (Wildman–Crippen LogP) is 3.31. The maximum absolute atomic E-state index is 10.6. The van der Waals surface area contributed by atoms with Crippen molar-refractivity contribution >= 4 is 0 Å². The Kier molecular flexibility index (Phi) is 2.55. The van der Waals surface area contributed by atoms with Crippen LogP contribution in [0.15, 0.2) is 10.5 Å². The van der Waals surface area contributed by atoms with Crippen LogP contribution in [0.4, 0.5) is 0 Å². The Morgan fingerprint density at radius 1 is 1.00 bits per heavy atom. The summed E-state index contributed by atoms with van der Waals surface area (Å²) >= 11 is 0. The van der Waals surface area contributed by atoms with Gasteiger partial charge in [0.1, 0.15) is 17.1 Å². The van der Waals surface area contributed by atoms with Gasteiger partial charge >= 0.3 is 0 Å². The third-order valence-electron chi connectivity index (χ3n) is 4.14. The van der Waals surface area contributed by atoms with Gasteiger partial charge < -0.3 is 9.52 Å². The van der Waals surface area contributed by atoms with Crippen molar-refractivity contribution in [2.24, 2.45) is 0 Å². The fourth-order valence-electron chi connectivity index (χ4n) is 3.10. The number of hydrogen-bond donors (Lipinski definition) is 1. The molecule has 2 aliphatic rings. The first-order valence-corrected chi connectivity index (χ1v) is 6.62. The molecule has 2 nitrogen and oxygen atoms in total. The molecule has 0 unspecified atom stereocenters. The predicted molar refractivity (Wildman–Crippen MR) is 62.3 cm³/mol. The molecule has 0 amide bonds. The molecule has 0 aliphatic heterocycles. The smallest absolute Gasteiger partial charge is 0.136 e. The second kappa shape index (κ2) is 3.92. The van der Waals surface area contributed by atoms with Crippen molar-refractivity contribution in [3.63, 3.8) is 0 Å². The fraction of sp³-hybridized carbons (Fsp3) is 0.714. The van der Waals surface area contributed by atoms with E-state index in [1.807, 2.05) is 0 Å². The Hall–Kier alpha value is -0.760. The Morgan fingerprint density at radius 2 is 1.75 bits per heavy atom. The van der Waals surface area contributed by atoms with Crippen LogP contribution in [-0.4, -0.2) is 5.11 Å². The van der Waals surface area contributed by atoms with E-state index < -0.39 is 5.60 Å². The van der Waals surface area contributed by atoms with E-state index in [4.69, 9.17) is 4.42 Å². The summed E-state index contributed by atoms with van der Waals surface area (Å²) in [5, 5.41) is 10.6. The van der Waals surface area contributed by atoms with Crippen LogP contribution in [0.25, 0.3) is 0 Å². The largest absolute Gasteiger partial charge is 0.463 e. The van der Waals surface area contributed by atoms with Crippen molar-refractivity contribution in [2.45, 2.75) is 63.4 Å². The molecular weight excluding hydrogens is 200 g/mol. The zero-order valence-electron chi connectivity index (χ0n) is 9.80. The van der Waals surface area contributed by atoms with Gasteiger partial charge in [0.05, 0.1) is 0 Å². The van der Waals surface area contributed by atoms with E-state index in [2.05, 4.69) is 6.07 Å². The van der Waals surface area contributed by atoms with Gasteiger partial charge in [0.15, 0.2) is 0 Å². The summed E-state index contributed by atoms with van der Waals surface area (Å²) in [6, 6.07) is 2.12. The summed E-state index contributed by atoms with van der Waals surface area (Å²) in [5.74, 6) is 1.99. The molecule has 0 spiro atoms. The minimum absolute atomic E-state index is 0.657. The number of aryl methyl sites for hydroxylation is 2. The summed E-state index contributed by atoms with van der Waals surface area (Å²) < 4.78 is 5.90. The third-order valence-corrected chi connectivity index (χ3v) is 4.14. The zero-order chi connectivity index (χ0) is 11.0. The van der Waals surface area contributed by atoms with E-state index in [0.717, 1.165) is 50.0 Å². The van der Waals surface area contributed by atoms with E-state index in [1.165, 1.54) is 24.8 Å². The highest BCUT2D eigenvalue weighted by Gasteiger charge is 2.35. The molecule has 0 atom stereocenters. The summed E-state index contributed by atoms with van der Waals surface area (Å²) in [7, 11) is 0. The highest BCUT2D eigenvalue weighted by Crippen LogP contribution is 2.39. The number of rotatable bonds is 1. The molecule has 2 aliphatic carbocycles. The van der Waals surface area contributed by atoms with Crippen molar-refractivity contribution < 1.29 is 9.52 Å². The maximum atomic E-state index is 10.6. The van der Waals surface area contributed by atoms with Gasteiger partial charge in [-0.05, 0) is 43.7 Å². The lowest BCUT2D eigenvalue weighted by molar-refractivity contribution is -0.0206. The second-order valence-electron chi connectivity index (χ2n) is 5.36. The lowest BCUT2D eigenvalue weighted by Gasteiger charge is -2.29. The van der Waals surface area contributed by atoms with Gasteiger partial charge in [0, 0.05) is 6.42 Å². The first-order valence-electron chi connectivity index (χ1n) is 6.62. The van der Waals surface area contributed by atoms with Crippen LogP contribution in [0.5, 0.6) is 0 Å². The molecule has 1 fully saturated rings. The highest BCUT2D eigenvalue weighted by atomic mass is 16.4. The standard InChI is InChI=1S/C14H20O2/c15-14(8-4-1-5-9-14)13-10-11-6-2-3-7-12(11)16-13/h10,15H,1-9H2. The van der Waals surface area contributed by atoms with Gasteiger partial charge in [-0.15, -0.1) is 0 Å². The molecule has 1 aromatic rings. The summed E-state index contributed by atoms with van der Waals surface area (Å²) in [6.07, 6.45) is 9.95. The van der Waals surface area contributed by atoms with Gasteiger partial charge in [0.25, 0.3) is 0 Å². The van der Waals surface area contributed by atoms with Crippen LogP contribution in [0.3, 0.4) is 0 Å². The molecule has 88 valence electrons. The van der Waals surface area contributed by atoms with Crippen LogP contribution >= 0.6 is 0 Å². The molecule has 2 heteroatoms. The molecule has 1 aromatic heterocycles. The fourth-order valence-corrected chi connectivity index (χ4v) is 3.10. The van der Waals surface area contributed by atoms with E-state index in [-0.39, 0.29) is 0 Å². The normalized spacial score (nSPS) is 24.1. The quantitative estimate of drug-likeness (QED) is 0.787. The van der Waals surface area contributed by atoms with Gasteiger partial charge in [-0.2, -0.15) is 0 Å². The lowest BCUT2D eigenvalue weighted by Crippen LogP contribution is -2.27. The highest BCUT2D eigenvalue weighted by molar-refractivity contribution is 5.27. The van der Waals surface area contributed by atoms with E-state index in [0.29, 0.717) is 0 Å². The van der Waals surface area contributed by atoms with E-state index in [9.17, 15) is 5.11 Å². The molecule has 1 N–H and O–H groups in total. The Labute approximate surface area is 96.7 Å². The first-order chi connectivity index (χ1) is 7.78. The molecule has 0 bridgehead atoms. The van der Waals surface area contributed by atoms with Crippen LogP contribution in [0.1, 0.15) is 62.0 Å². The second-order valence-corrected chi connectivity index (χ2v) is 5.36. The van der Waals surface area contributed by atoms with Crippen molar-refractivity contribution in [1.82, 2.24) is 0 Å². The monoisotopic (exact) mass is 220 g/mol. The van der Waals surface area contributed by atoms with Gasteiger partial charge in [-0.1, -0.05) is 19.3 Å². The average Bonchev–Trinajstić information content (AvgIpc) is 2.74. The van der Waals surface area contributed by atoms with Crippen LogP contribution in [0.2, 0.25) is 0 Å². The van der Waals surface area contributed by atoms with Crippen LogP contribution < -0.4 is 0 Å². The topological polar surface area (TPSA) is 33.4 Å². The van der Waals surface area contributed by atoms with E-state index in [1.54, 1.807) is 0 Å². The van der Waals surface area contributed by atoms with Gasteiger partial charge in [-0.25, -0.2) is 0 Å². The zero-order valence-corrected chi connectivity index (χ0v) is 9.80. The minimum Gasteiger partial charge on any atom is -0.463 e. The van der Waals surface area contributed by atoms with Gasteiger partial charge in [-0.3, -0.25) is 0 Å². The molecule has 0 aromatic carbocycles. The maximum Gasteiger partial charge on any atom is 0.136 e. The summed E-state index contributed by atoms with van der Waals surface area (Å²) in [4.78, 5) is 0. The van der Waals surface area contributed by atoms with Crippen molar-refractivity contribution in [1.29, 1.82) is 0 Å². The van der Waals surface area contributed by atoms with Crippen molar-refractivity contribution in [2.75, 3.05) is 0 Å². The average molecular weight is 220 g/mol. The lowest BCUT2D eigenvalue weighted by atomic mass is 9.83. The molecule has 1 saturated carbocycles. The Balaban J connectivity index is 1.90. The number of fused-ring (bicyclic) bond motifs is 1. The number of furan rings is 1. The Bertz CT molecular complexity index is 349. The van der Waals surface area contributed by atoms with E-state index >= 15 is 0 Å². The SMILES string of the molecule is OC1(c2cc3c(o2)CCCC3)CCCCC1. The summed E-state index contributed by atoms with van der Waals surface area (Å²) in [6.45, 7) is 0. The Morgan fingerprint density at radius 3 is 2.50 bits per heavy atom. The summed E-state index contributed by atoms with van der Waals surface area (Å²) in [5.41, 5.74) is 0.690. The van der Waals surface area contributed by atoms with Gasteiger partial charge in [0.2, 0.25) is 0 Å². The molecule has 1 heterocycles. The molecule has 16 heavy (non-hydrogen) atoms. The molecule has 3 rings (SSSR count). The first kappa shape index (κ1) is 10.4. The van der Waals surface area contributed by atoms with Crippen LogP contribution in [0, 0.1) is 0 Å². The molecule has 0 radical (unpaired) electrons.